The van der Waals surface area contributed by atoms with Crippen LogP contribution in [-0.2, 0) is 0 Å². The van der Waals surface area contributed by atoms with Crippen LogP contribution in [0.4, 0.5) is 4.79 Å². The minimum absolute atomic E-state index is 1.33. The van der Waals surface area contributed by atoms with Gasteiger partial charge in [0.05, 0.1) is 0 Å². The Balaban J connectivity index is 0.000000310. The minimum Gasteiger partial charge on any atom is -0.465 e. The summed E-state index contributed by atoms with van der Waals surface area (Å²) in [7, 11) is 0. The fourth-order valence-corrected chi connectivity index (χ4v) is 1.20. The van der Waals surface area contributed by atoms with Crippen LogP contribution in [0, 0.1) is 20.8 Å². The number of amides is 1. The highest BCUT2D eigenvalue weighted by Gasteiger charge is 1.87. The number of carboxylic acid groups (broad SMARTS) is 1. The lowest BCUT2D eigenvalue weighted by atomic mass is 10.1. The van der Waals surface area contributed by atoms with E-state index >= 15 is 0 Å². The third-order valence-corrected chi connectivity index (χ3v) is 1.37. The zero-order valence-corrected chi connectivity index (χ0v) is 8.16. The fourth-order valence-electron chi connectivity index (χ4n) is 1.20. The summed E-state index contributed by atoms with van der Waals surface area (Å²) in [5, 5.41) is 7.19. The largest absolute Gasteiger partial charge is 0.465 e. The molecule has 0 spiro atoms. The number of hydrogen-bond acceptors (Lipinski definition) is 1. The molecule has 1 aromatic carbocycles. The van der Waals surface area contributed by atoms with Gasteiger partial charge in [-0.2, -0.15) is 0 Å². The van der Waals surface area contributed by atoms with Crippen molar-refractivity contribution in [2.75, 3.05) is 0 Å². The van der Waals surface area contributed by atoms with E-state index in [2.05, 4.69) is 44.7 Å². The summed E-state index contributed by atoms with van der Waals surface area (Å²) in [6, 6.07) is 6.56. The number of carbonyl (C=O) groups is 1. The third kappa shape index (κ3) is 6.87. The maximum atomic E-state index is 8.78. The molecule has 0 saturated heterocycles. The molecule has 3 nitrogen and oxygen atoms in total. The monoisotopic (exact) mass is 181 g/mol. The predicted molar refractivity (Wildman–Crippen MR) is 52.9 cm³/mol. The molecule has 0 aliphatic carbocycles. The fraction of sp³-hybridized carbons (Fsp3) is 0.300. The van der Waals surface area contributed by atoms with Crippen molar-refractivity contribution in [1.29, 1.82) is 0 Å². The van der Waals surface area contributed by atoms with Gasteiger partial charge in [-0.1, -0.05) is 34.9 Å². The van der Waals surface area contributed by atoms with Gasteiger partial charge in [-0.15, -0.1) is 0 Å². The standard InChI is InChI=1S/C9H12.CH3NO2/c1-7-4-8(2)6-9(3)5-7;2-1(3)4/h4-6H,1-3H3;2H2,(H,3,4). The number of nitrogens with two attached hydrogens (primary N) is 1. The second-order valence-electron chi connectivity index (χ2n) is 3.00. The molecule has 0 saturated carbocycles. The predicted octanol–water partition coefficient (Wildman–Crippen LogP) is 2.23. The maximum absolute atomic E-state index is 8.78. The van der Waals surface area contributed by atoms with Gasteiger partial charge in [0.2, 0.25) is 0 Å². The van der Waals surface area contributed by atoms with E-state index in [4.69, 9.17) is 9.90 Å². The molecule has 0 fully saturated rings. The van der Waals surface area contributed by atoms with Gasteiger partial charge < -0.3 is 10.8 Å². The molecule has 1 amide bonds. The molecular weight excluding hydrogens is 166 g/mol. The lowest BCUT2D eigenvalue weighted by Crippen LogP contribution is -2.03. The minimum atomic E-state index is -1.33. The number of benzene rings is 1. The molecule has 0 bridgehead atoms. The highest BCUT2D eigenvalue weighted by molar-refractivity contribution is 5.61. The third-order valence-electron chi connectivity index (χ3n) is 1.37. The van der Waals surface area contributed by atoms with E-state index in [9.17, 15) is 0 Å². The summed E-state index contributed by atoms with van der Waals surface area (Å²) in [4.78, 5) is 8.78. The molecule has 13 heavy (non-hydrogen) atoms. The molecule has 0 unspecified atom stereocenters. The molecule has 0 aromatic heterocycles. The van der Waals surface area contributed by atoms with Gasteiger partial charge in [0.1, 0.15) is 0 Å². The Morgan fingerprint density at radius 2 is 1.23 bits per heavy atom. The van der Waals surface area contributed by atoms with Crippen molar-refractivity contribution in [2.45, 2.75) is 20.8 Å². The molecular formula is C10H15NO2. The van der Waals surface area contributed by atoms with Crippen LogP contribution < -0.4 is 5.73 Å². The van der Waals surface area contributed by atoms with Crippen molar-refractivity contribution < 1.29 is 9.90 Å². The molecule has 0 atom stereocenters. The molecule has 1 aromatic rings. The molecule has 3 heteroatoms. The first-order chi connectivity index (χ1) is 5.91. The lowest BCUT2D eigenvalue weighted by molar-refractivity contribution is 0.205. The van der Waals surface area contributed by atoms with E-state index < -0.39 is 6.09 Å². The van der Waals surface area contributed by atoms with Crippen LogP contribution in [0.2, 0.25) is 0 Å². The second-order valence-corrected chi connectivity index (χ2v) is 3.00. The van der Waals surface area contributed by atoms with Crippen LogP contribution >= 0.6 is 0 Å². The first kappa shape index (κ1) is 11.5. The van der Waals surface area contributed by atoms with Gasteiger partial charge >= 0.3 is 6.09 Å². The Labute approximate surface area is 78.2 Å². The average molecular weight is 181 g/mol. The number of rotatable bonds is 0. The molecule has 72 valence electrons. The number of aryl methyl sites for hydroxylation is 3. The smallest absolute Gasteiger partial charge is 0.402 e. The van der Waals surface area contributed by atoms with Crippen molar-refractivity contribution in [3.05, 3.63) is 34.9 Å². The van der Waals surface area contributed by atoms with Gasteiger partial charge in [0.15, 0.2) is 0 Å². The molecule has 0 heterocycles. The number of primary amides is 1. The van der Waals surface area contributed by atoms with Crippen molar-refractivity contribution in [2.24, 2.45) is 5.73 Å². The molecule has 0 radical (unpaired) electrons. The van der Waals surface area contributed by atoms with Gasteiger partial charge in [-0.05, 0) is 20.8 Å². The van der Waals surface area contributed by atoms with E-state index in [0.717, 1.165) is 0 Å². The van der Waals surface area contributed by atoms with Crippen LogP contribution in [0.5, 0.6) is 0 Å². The van der Waals surface area contributed by atoms with E-state index in [1.807, 2.05) is 0 Å². The van der Waals surface area contributed by atoms with Gasteiger partial charge in [-0.3, -0.25) is 0 Å². The summed E-state index contributed by atoms with van der Waals surface area (Å²) in [5.74, 6) is 0. The summed E-state index contributed by atoms with van der Waals surface area (Å²) >= 11 is 0. The quantitative estimate of drug-likeness (QED) is 0.644. The van der Waals surface area contributed by atoms with Crippen LogP contribution in [0.3, 0.4) is 0 Å². The van der Waals surface area contributed by atoms with Crippen LogP contribution in [-0.4, -0.2) is 11.2 Å². The zero-order valence-electron chi connectivity index (χ0n) is 8.16. The maximum Gasteiger partial charge on any atom is 0.402 e. The van der Waals surface area contributed by atoms with Gasteiger partial charge in [0.25, 0.3) is 0 Å². The molecule has 0 aliphatic heterocycles. The SMILES string of the molecule is Cc1cc(C)cc(C)c1.NC(=O)O. The van der Waals surface area contributed by atoms with Crippen LogP contribution in [0.1, 0.15) is 16.7 Å². The van der Waals surface area contributed by atoms with E-state index in [1.54, 1.807) is 0 Å². The molecule has 1 rings (SSSR count). The van der Waals surface area contributed by atoms with Crippen molar-refractivity contribution >= 4 is 6.09 Å². The summed E-state index contributed by atoms with van der Waals surface area (Å²) in [5.41, 5.74) is 8.09. The van der Waals surface area contributed by atoms with Gasteiger partial charge in [0, 0.05) is 0 Å². The van der Waals surface area contributed by atoms with E-state index in [-0.39, 0.29) is 0 Å². The normalized spacial score (nSPS) is 8.54. The Morgan fingerprint density at radius 1 is 1.08 bits per heavy atom. The van der Waals surface area contributed by atoms with Gasteiger partial charge in [-0.25, -0.2) is 4.79 Å². The van der Waals surface area contributed by atoms with Crippen LogP contribution in [0.25, 0.3) is 0 Å². The van der Waals surface area contributed by atoms with Crippen molar-refractivity contribution in [3.63, 3.8) is 0 Å². The number of hydrogen-bond donors (Lipinski definition) is 2. The lowest BCUT2D eigenvalue weighted by Gasteiger charge is -1.96. The Kier molecular flexibility index (Phi) is 4.59. The Hall–Kier alpha value is -1.51. The first-order valence-electron chi connectivity index (χ1n) is 3.95. The molecule has 3 N–H and O–H groups in total. The summed E-state index contributed by atoms with van der Waals surface area (Å²) in [6.45, 7) is 6.38. The average Bonchev–Trinajstić information content (AvgIpc) is 1.80. The van der Waals surface area contributed by atoms with Crippen molar-refractivity contribution in [1.82, 2.24) is 0 Å². The topological polar surface area (TPSA) is 63.3 Å². The highest BCUT2D eigenvalue weighted by atomic mass is 16.4. The molecule has 0 aliphatic rings. The van der Waals surface area contributed by atoms with Crippen LogP contribution in [0.15, 0.2) is 18.2 Å². The summed E-state index contributed by atoms with van der Waals surface area (Å²) < 4.78 is 0. The summed E-state index contributed by atoms with van der Waals surface area (Å²) in [6.07, 6.45) is -1.33. The zero-order chi connectivity index (χ0) is 10.4. The highest BCUT2D eigenvalue weighted by Crippen LogP contribution is 2.06. The Morgan fingerprint density at radius 3 is 1.38 bits per heavy atom. The first-order valence-corrected chi connectivity index (χ1v) is 3.95. The Bertz CT molecular complexity index is 240. The van der Waals surface area contributed by atoms with E-state index in [0.29, 0.717) is 0 Å². The van der Waals surface area contributed by atoms with E-state index in [1.165, 1.54) is 16.7 Å². The van der Waals surface area contributed by atoms with Crippen molar-refractivity contribution in [3.8, 4) is 0 Å². The second kappa shape index (κ2) is 5.19.